The van der Waals surface area contributed by atoms with Crippen molar-refractivity contribution in [2.75, 3.05) is 33.9 Å². The molecule has 1 aliphatic rings. The van der Waals surface area contributed by atoms with Gasteiger partial charge in [0.1, 0.15) is 0 Å². The number of nitrogens with one attached hydrogen (secondary N) is 3. The zero-order chi connectivity index (χ0) is 20.7. The van der Waals surface area contributed by atoms with Crippen LogP contribution >= 0.6 is 0 Å². The molecule has 3 N–H and O–H groups in total. The third-order valence-corrected chi connectivity index (χ3v) is 4.67. The van der Waals surface area contributed by atoms with E-state index >= 15 is 0 Å². The number of carbonyl (C=O) groups is 2. The van der Waals surface area contributed by atoms with E-state index in [0.717, 1.165) is 17.5 Å². The monoisotopic (exact) mass is 392 g/mol. The van der Waals surface area contributed by atoms with Crippen LogP contribution in [-0.2, 0) is 6.42 Å². The molecule has 1 atom stereocenters. The largest absolute Gasteiger partial charge is 0.493 e. The van der Waals surface area contributed by atoms with Gasteiger partial charge in [-0.15, -0.1) is 0 Å². The van der Waals surface area contributed by atoms with Gasteiger partial charge < -0.3 is 30.3 Å². The minimum absolute atomic E-state index is 0.0342. The smallest absolute Gasteiger partial charge is 0.317 e. The van der Waals surface area contributed by atoms with E-state index in [2.05, 4.69) is 16.0 Å². The zero-order valence-corrected chi connectivity index (χ0v) is 17.4. The normalized spacial score (nSPS) is 15.6. The molecule has 0 unspecified atom stereocenters. The highest BCUT2D eigenvalue weighted by molar-refractivity contribution is 5.76. The molecule has 156 valence electrons. The summed E-state index contributed by atoms with van der Waals surface area (Å²) in [6.07, 6.45) is 1.57. The summed E-state index contributed by atoms with van der Waals surface area (Å²) in [6.45, 7) is 7.30. The van der Waals surface area contributed by atoms with Gasteiger partial charge in [-0.3, -0.25) is 0 Å². The minimum atomic E-state index is -0.293. The molecule has 0 saturated heterocycles. The molecule has 0 saturated carbocycles. The Morgan fingerprint density at radius 3 is 2.46 bits per heavy atom. The van der Waals surface area contributed by atoms with E-state index in [-0.39, 0.29) is 24.1 Å². The van der Waals surface area contributed by atoms with Crippen molar-refractivity contribution in [3.63, 3.8) is 0 Å². The maximum absolute atomic E-state index is 12.7. The van der Waals surface area contributed by atoms with E-state index in [0.29, 0.717) is 37.6 Å². The quantitative estimate of drug-likeness (QED) is 0.665. The fourth-order valence-electron chi connectivity index (χ4n) is 3.33. The third-order valence-electron chi connectivity index (χ3n) is 4.67. The number of rotatable bonds is 7. The number of nitrogens with zero attached hydrogens (tertiary/aromatic N) is 1. The molecule has 0 aliphatic carbocycles. The summed E-state index contributed by atoms with van der Waals surface area (Å²) in [6, 6.07) is 3.22. The Morgan fingerprint density at radius 1 is 1.18 bits per heavy atom. The van der Waals surface area contributed by atoms with Crippen LogP contribution in [0.1, 0.15) is 44.4 Å². The molecule has 0 bridgehead atoms. The molecule has 8 nitrogen and oxygen atoms in total. The Balaban J connectivity index is 2.31. The third kappa shape index (κ3) is 5.21. The molecule has 2 rings (SSSR count). The fourth-order valence-corrected chi connectivity index (χ4v) is 3.33. The van der Waals surface area contributed by atoms with Gasteiger partial charge in [-0.05, 0) is 49.9 Å². The molecule has 1 heterocycles. The number of benzene rings is 1. The first-order chi connectivity index (χ1) is 13.4. The van der Waals surface area contributed by atoms with Gasteiger partial charge in [0.05, 0.1) is 20.3 Å². The predicted molar refractivity (Wildman–Crippen MR) is 108 cm³/mol. The standard InChI is InChI=1S/C20H32N4O4/c1-6-8-21-20(26)24-9-7-14-10-17(27-4)18(28-5)11-15(14)16(24)12-22-19(25)23-13(2)3/h10-11,13,16H,6-9,12H2,1-5H3,(H,21,26)(H2,22,23,25)/t16-/m0/s1. The highest BCUT2D eigenvalue weighted by Crippen LogP contribution is 2.37. The molecular weight excluding hydrogens is 360 g/mol. The van der Waals surface area contributed by atoms with Gasteiger partial charge in [-0.2, -0.15) is 0 Å². The highest BCUT2D eigenvalue weighted by Gasteiger charge is 2.32. The van der Waals surface area contributed by atoms with Crippen LogP contribution in [0.15, 0.2) is 12.1 Å². The molecule has 0 spiro atoms. The summed E-state index contributed by atoms with van der Waals surface area (Å²) in [5, 5.41) is 8.64. The van der Waals surface area contributed by atoms with Crippen molar-refractivity contribution in [1.29, 1.82) is 0 Å². The molecule has 1 aromatic carbocycles. The van der Waals surface area contributed by atoms with Gasteiger partial charge in [0.2, 0.25) is 0 Å². The summed E-state index contributed by atoms with van der Waals surface area (Å²) >= 11 is 0. The molecule has 1 aliphatic heterocycles. The van der Waals surface area contributed by atoms with Crippen molar-refractivity contribution in [2.45, 2.75) is 45.7 Å². The molecule has 0 fully saturated rings. The Morgan fingerprint density at radius 2 is 1.86 bits per heavy atom. The van der Waals surface area contributed by atoms with E-state index < -0.39 is 0 Å². The van der Waals surface area contributed by atoms with Crippen LogP contribution in [0.3, 0.4) is 0 Å². The van der Waals surface area contributed by atoms with E-state index in [1.54, 1.807) is 19.1 Å². The van der Waals surface area contributed by atoms with E-state index in [9.17, 15) is 9.59 Å². The van der Waals surface area contributed by atoms with Crippen LogP contribution < -0.4 is 25.4 Å². The summed E-state index contributed by atoms with van der Waals surface area (Å²) in [5.41, 5.74) is 2.05. The van der Waals surface area contributed by atoms with Crippen LogP contribution in [-0.4, -0.2) is 56.9 Å². The molecular formula is C20H32N4O4. The van der Waals surface area contributed by atoms with Crippen LogP contribution in [0.25, 0.3) is 0 Å². The van der Waals surface area contributed by atoms with Crippen molar-refractivity contribution in [2.24, 2.45) is 0 Å². The lowest BCUT2D eigenvalue weighted by molar-refractivity contribution is 0.166. The molecule has 4 amide bonds. The zero-order valence-electron chi connectivity index (χ0n) is 17.4. The van der Waals surface area contributed by atoms with Crippen LogP contribution in [0, 0.1) is 0 Å². The molecule has 0 radical (unpaired) electrons. The molecule has 1 aromatic rings. The number of urea groups is 2. The summed E-state index contributed by atoms with van der Waals surface area (Å²) in [7, 11) is 3.19. The summed E-state index contributed by atoms with van der Waals surface area (Å²) in [4.78, 5) is 26.6. The first kappa shape index (κ1) is 21.7. The van der Waals surface area contributed by atoms with Crippen molar-refractivity contribution in [3.8, 4) is 11.5 Å². The molecule has 0 aromatic heterocycles. The topological polar surface area (TPSA) is 91.9 Å². The van der Waals surface area contributed by atoms with Crippen molar-refractivity contribution in [1.82, 2.24) is 20.9 Å². The second kappa shape index (κ2) is 10.1. The number of methoxy groups -OCH3 is 2. The van der Waals surface area contributed by atoms with Crippen LogP contribution in [0.2, 0.25) is 0 Å². The maximum atomic E-state index is 12.7. The van der Waals surface area contributed by atoms with Crippen molar-refractivity contribution < 1.29 is 19.1 Å². The Labute approximate surface area is 166 Å². The lowest BCUT2D eigenvalue weighted by Crippen LogP contribution is -2.50. The first-order valence-corrected chi connectivity index (χ1v) is 9.74. The van der Waals surface area contributed by atoms with Gasteiger partial charge in [0, 0.05) is 25.7 Å². The summed E-state index contributed by atoms with van der Waals surface area (Å²) < 4.78 is 10.9. The number of fused-ring (bicyclic) bond motifs is 1. The number of hydrogen-bond donors (Lipinski definition) is 3. The van der Waals surface area contributed by atoms with Crippen molar-refractivity contribution in [3.05, 3.63) is 23.3 Å². The number of ether oxygens (including phenoxy) is 2. The second-order valence-electron chi connectivity index (χ2n) is 7.11. The first-order valence-electron chi connectivity index (χ1n) is 9.74. The predicted octanol–water partition coefficient (Wildman–Crippen LogP) is 2.43. The Kier molecular flexibility index (Phi) is 7.78. The Bertz CT molecular complexity index is 693. The number of amides is 4. The maximum Gasteiger partial charge on any atom is 0.317 e. The van der Waals surface area contributed by atoms with Crippen molar-refractivity contribution >= 4 is 12.1 Å². The molecule has 28 heavy (non-hydrogen) atoms. The van der Waals surface area contributed by atoms with Gasteiger partial charge in [0.25, 0.3) is 0 Å². The lowest BCUT2D eigenvalue weighted by Gasteiger charge is -2.38. The number of hydrogen-bond acceptors (Lipinski definition) is 4. The van der Waals surface area contributed by atoms with Crippen LogP contribution in [0.4, 0.5) is 9.59 Å². The number of carbonyl (C=O) groups excluding carboxylic acids is 2. The average Bonchev–Trinajstić information content (AvgIpc) is 2.68. The average molecular weight is 393 g/mol. The van der Waals surface area contributed by atoms with E-state index in [1.165, 1.54) is 0 Å². The minimum Gasteiger partial charge on any atom is -0.493 e. The Hall–Kier alpha value is -2.64. The summed E-state index contributed by atoms with van der Waals surface area (Å²) in [5.74, 6) is 1.27. The van der Waals surface area contributed by atoms with Gasteiger partial charge in [-0.25, -0.2) is 9.59 Å². The highest BCUT2D eigenvalue weighted by atomic mass is 16.5. The van der Waals surface area contributed by atoms with Gasteiger partial charge in [-0.1, -0.05) is 6.92 Å². The van der Waals surface area contributed by atoms with Crippen LogP contribution in [0.5, 0.6) is 11.5 Å². The van der Waals surface area contributed by atoms with Gasteiger partial charge in [0.15, 0.2) is 11.5 Å². The van der Waals surface area contributed by atoms with Gasteiger partial charge >= 0.3 is 12.1 Å². The SMILES string of the molecule is CCCNC(=O)N1CCc2cc(OC)c(OC)cc2[C@@H]1CNC(=O)NC(C)C. The lowest BCUT2D eigenvalue weighted by atomic mass is 9.92. The van der Waals surface area contributed by atoms with E-state index in [1.807, 2.05) is 32.9 Å². The fraction of sp³-hybridized carbons (Fsp3) is 0.600. The molecule has 8 heteroatoms. The second-order valence-corrected chi connectivity index (χ2v) is 7.11. The van der Waals surface area contributed by atoms with E-state index in [4.69, 9.17) is 9.47 Å².